The average molecular weight is 281 g/mol. The predicted octanol–water partition coefficient (Wildman–Crippen LogP) is 2.11. The van der Waals surface area contributed by atoms with Gasteiger partial charge in [0.25, 0.3) is 5.91 Å². The molecule has 2 aromatic rings. The number of hydrogen-bond donors (Lipinski definition) is 2. The number of benzene rings is 1. The molecule has 0 spiro atoms. The SMILES string of the molecule is [C-]#[N+]c1ccc(-c2ccnc(C(=O)NCC(=O)O)c2)cc1. The van der Waals surface area contributed by atoms with Gasteiger partial charge in [-0.3, -0.25) is 14.6 Å². The third-order valence-corrected chi connectivity index (χ3v) is 2.72. The number of carboxylic acids is 1. The highest BCUT2D eigenvalue weighted by atomic mass is 16.4. The maximum atomic E-state index is 11.8. The van der Waals surface area contributed by atoms with E-state index in [0.717, 1.165) is 11.1 Å². The van der Waals surface area contributed by atoms with Crippen LogP contribution < -0.4 is 5.32 Å². The van der Waals surface area contributed by atoms with Gasteiger partial charge in [0.05, 0.1) is 6.57 Å². The van der Waals surface area contributed by atoms with Gasteiger partial charge in [0.15, 0.2) is 5.69 Å². The summed E-state index contributed by atoms with van der Waals surface area (Å²) in [6.45, 7) is 6.45. The number of nitrogens with one attached hydrogen (secondary N) is 1. The molecule has 2 N–H and O–H groups in total. The molecular formula is C15H11N3O3. The number of hydrogen-bond acceptors (Lipinski definition) is 3. The van der Waals surface area contributed by atoms with E-state index in [-0.39, 0.29) is 5.69 Å². The van der Waals surface area contributed by atoms with Crippen molar-refractivity contribution in [2.75, 3.05) is 6.54 Å². The summed E-state index contributed by atoms with van der Waals surface area (Å²) in [5.74, 6) is -1.66. The Balaban J connectivity index is 2.22. The average Bonchev–Trinajstić information content (AvgIpc) is 2.52. The monoisotopic (exact) mass is 281 g/mol. The van der Waals surface area contributed by atoms with Gasteiger partial charge in [0.1, 0.15) is 12.2 Å². The molecule has 1 amide bonds. The zero-order chi connectivity index (χ0) is 15.2. The van der Waals surface area contributed by atoms with Crippen molar-refractivity contribution in [2.45, 2.75) is 0 Å². The third-order valence-electron chi connectivity index (χ3n) is 2.72. The topological polar surface area (TPSA) is 83.7 Å². The second-order valence-corrected chi connectivity index (χ2v) is 4.16. The lowest BCUT2D eigenvalue weighted by atomic mass is 10.1. The summed E-state index contributed by atoms with van der Waals surface area (Å²) in [4.78, 5) is 29.4. The van der Waals surface area contributed by atoms with E-state index in [1.807, 2.05) is 0 Å². The van der Waals surface area contributed by atoms with E-state index in [0.29, 0.717) is 5.69 Å². The van der Waals surface area contributed by atoms with Crippen LogP contribution >= 0.6 is 0 Å². The van der Waals surface area contributed by atoms with Crippen molar-refractivity contribution < 1.29 is 14.7 Å². The number of aromatic nitrogens is 1. The van der Waals surface area contributed by atoms with Crippen molar-refractivity contribution >= 4 is 17.6 Å². The Morgan fingerprint density at radius 3 is 2.52 bits per heavy atom. The minimum Gasteiger partial charge on any atom is -0.480 e. The molecule has 0 unspecified atom stereocenters. The molecule has 104 valence electrons. The van der Waals surface area contributed by atoms with Crippen molar-refractivity contribution in [1.29, 1.82) is 0 Å². The molecule has 0 saturated carbocycles. The Morgan fingerprint density at radius 1 is 1.19 bits per heavy atom. The van der Waals surface area contributed by atoms with Crippen LogP contribution in [-0.2, 0) is 4.79 Å². The van der Waals surface area contributed by atoms with E-state index in [1.54, 1.807) is 36.4 Å². The lowest BCUT2D eigenvalue weighted by Crippen LogP contribution is -2.29. The Kier molecular flexibility index (Phi) is 4.26. The summed E-state index contributed by atoms with van der Waals surface area (Å²) < 4.78 is 0. The van der Waals surface area contributed by atoms with Crippen molar-refractivity contribution in [1.82, 2.24) is 10.3 Å². The maximum absolute atomic E-state index is 11.8. The van der Waals surface area contributed by atoms with E-state index < -0.39 is 18.4 Å². The molecule has 21 heavy (non-hydrogen) atoms. The summed E-state index contributed by atoms with van der Waals surface area (Å²) in [5.41, 5.74) is 2.29. The van der Waals surface area contributed by atoms with Gasteiger partial charge in [-0.05, 0) is 23.3 Å². The van der Waals surface area contributed by atoms with Gasteiger partial charge < -0.3 is 10.4 Å². The second-order valence-electron chi connectivity index (χ2n) is 4.16. The second kappa shape index (κ2) is 6.30. The molecule has 0 atom stereocenters. The van der Waals surface area contributed by atoms with Gasteiger partial charge in [-0.15, -0.1) is 0 Å². The van der Waals surface area contributed by atoms with Crippen molar-refractivity contribution in [2.24, 2.45) is 0 Å². The number of aliphatic carboxylic acids is 1. The Bertz CT molecular complexity index is 718. The fourth-order valence-corrected chi connectivity index (χ4v) is 1.71. The number of amides is 1. The molecule has 0 bridgehead atoms. The molecule has 6 heteroatoms. The quantitative estimate of drug-likeness (QED) is 0.841. The molecule has 0 aliphatic rings. The molecule has 2 rings (SSSR count). The first-order chi connectivity index (χ1) is 10.1. The van der Waals surface area contributed by atoms with Gasteiger partial charge >= 0.3 is 5.97 Å². The largest absolute Gasteiger partial charge is 0.480 e. The predicted molar refractivity (Wildman–Crippen MR) is 75.9 cm³/mol. The lowest BCUT2D eigenvalue weighted by molar-refractivity contribution is -0.135. The molecule has 0 radical (unpaired) electrons. The fourth-order valence-electron chi connectivity index (χ4n) is 1.71. The maximum Gasteiger partial charge on any atom is 0.322 e. The summed E-state index contributed by atoms with van der Waals surface area (Å²) in [5, 5.41) is 10.8. The van der Waals surface area contributed by atoms with Gasteiger partial charge in [0, 0.05) is 6.20 Å². The molecule has 1 heterocycles. The number of carbonyl (C=O) groups excluding carboxylic acids is 1. The first kappa shape index (κ1) is 14.2. The molecule has 0 fully saturated rings. The molecule has 1 aromatic carbocycles. The Hall–Kier alpha value is -3.20. The summed E-state index contributed by atoms with van der Waals surface area (Å²) in [6.07, 6.45) is 1.48. The number of nitrogens with zero attached hydrogens (tertiary/aromatic N) is 2. The van der Waals surface area contributed by atoms with Crippen LogP contribution in [0, 0.1) is 6.57 Å². The van der Waals surface area contributed by atoms with Gasteiger partial charge in [-0.25, -0.2) is 4.85 Å². The summed E-state index contributed by atoms with van der Waals surface area (Å²) in [6, 6.07) is 10.2. The van der Waals surface area contributed by atoms with E-state index >= 15 is 0 Å². The van der Waals surface area contributed by atoms with Crippen LogP contribution in [0.3, 0.4) is 0 Å². The van der Waals surface area contributed by atoms with Crippen LogP contribution in [0.2, 0.25) is 0 Å². The minimum atomic E-state index is -1.12. The van der Waals surface area contributed by atoms with Crippen molar-refractivity contribution in [3.05, 3.63) is 59.7 Å². The molecular weight excluding hydrogens is 270 g/mol. The fraction of sp³-hybridized carbons (Fsp3) is 0.0667. The molecule has 0 saturated heterocycles. The highest BCUT2D eigenvalue weighted by Crippen LogP contribution is 2.22. The van der Waals surface area contributed by atoms with E-state index in [4.69, 9.17) is 11.7 Å². The van der Waals surface area contributed by atoms with Crippen molar-refractivity contribution in [3.63, 3.8) is 0 Å². The van der Waals surface area contributed by atoms with Crippen LogP contribution in [0.1, 0.15) is 10.5 Å². The van der Waals surface area contributed by atoms with Crippen LogP contribution in [0.25, 0.3) is 16.0 Å². The highest BCUT2D eigenvalue weighted by Gasteiger charge is 2.09. The smallest absolute Gasteiger partial charge is 0.322 e. The van der Waals surface area contributed by atoms with Crippen LogP contribution in [0.5, 0.6) is 0 Å². The van der Waals surface area contributed by atoms with E-state index in [1.165, 1.54) is 6.20 Å². The van der Waals surface area contributed by atoms with Crippen LogP contribution in [-0.4, -0.2) is 28.5 Å². The standard InChI is InChI=1S/C15H11N3O3/c1-16-12-4-2-10(3-5-12)11-6-7-17-13(8-11)15(21)18-9-14(19)20/h2-8H,9H2,(H,18,21)(H,19,20). The molecule has 0 aliphatic heterocycles. The number of rotatable bonds is 4. The van der Waals surface area contributed by atoms with E-state index in [9.17, 15) is 9.59 Å². The first-order valence-corrected chi connectivity index (χ1v) is 6.04. The summed E-state index contributed by atoms with van der Waals surface area (Å²) in [7, 11) is 0. The van der Waals surface area contributed by atoms with Gasteiger partial charge in [-0.1, -0.05) is 24.3 Å². The zero-order valence-electron chi connectivity index (χ0n) is 10.9. The van der Waals surface area contributed by atoms with Crippen LogP contribution in [0.15, 0.2) is 42.6 Å². The van der Waals surface area contributed by atoms with Gasteiger partial charge in [0.2, 0.25) is 0 Å². The third kappa shape index (κ3) is 3.64. The van der Waals surface area contributed by atoms with Crippen LogP contribution in [0.4, 0.5) is 5.69 Å². The minimum absolute atomic E-state index is 0.142. The number of carboxylic acid groups (broad SMARTS) is 1. The number of carbonyl (C=O) groups is 2. The van der Waals surface area contributed by atoms with Crippen molar-refractivity contribution in [3.8, 4) is 11.1 Å². The Labute approximate surface area is 120 Å². The molecule has 1 aromatic heterocycles. The number of pyridine rings is 1. The van der Waals surface area contributed by atoms with E-state index in [2.05, 4.69) is 15.1 Å². The first-order valence-electron chi connectivity index (χ1n) is 6.04. The normalized spacial score (nSPS) is 9.67. The lowest BCUT2D eigenvalue weighted by Gasteiger charge is -2.05. The van der Waals surface area contributed by atoms with Gasteiger partial charge in [-0.2, -0.15) is 0 Å². The zero-order valence-corrected chi connectivity index (χ0v) is 10.9. The summed E-state index contributed by atoms with van der Waals surface area (Å²) >= 11 is 0. The Morgan fingerprint density at radius 2 is 1.90 bits per heavy atom. The highest BCUT2D eigenvalue weighted by molar-refractivity contribution is 5.95. The molecule has 0 aliphatic carbocycles. The molecule has 6 nitrogen and oxygen atoms in total.